The molecule has 3 N–H and O–H groups in total. The maximum Gasteiger partial charge on any atom is 0.417 e. The Morgan fingerprint density at radius 3 is 2.24 bits per heavy atom. The van der Waals surface area contributed by atoms with Crippen molar-refractivity contribution in [1.82, 2.24) is 4.98 Å². The van der Waals surface area contributed by atoms with Gasteiger partial charge in [0.15, 0.2) is 0 Å². The van der Waals surface area contributed by atoms with Crippen molar-refractivity contribution in [2.75, 3.05) is 18.0 Å². The Morgan fingerprint density at radius 1 is 1.17 bits per heavy atom. The number of carbonyl (C=O) groups excluding carboxylic acids is 1. The van der Waals surface area contributed by atoms with Gasteiger partial charge in [-0.25, -0.2) is 4.98 Å². The third-order valence-corrected chi connectivity index (χ3v) is 5.07. The molecule has 0 unspecified atom stereocenters. The summed E-state index contributed by atoms with van der Waals surface area (Å²) in [5.41, 5.74) is 3.08. The first-order chi connectivity index (χ1) is 13.4. The lowest BCUT2D eigenvalue weighted by Gasteiger charge is -2.15. The van der Waals surface area contributed by atoms with E-state index in [4.69, 9.17) is 21.9 Å². The minimum atomic E-state index is -4.63. The van der Waals surface area contributed by atoms with Gasteiger partial charge < -0.3 is 10.6 Å². The van der Waals surface area contributed by atoms with Crippen LogP contribution in [0.4, 0.5) is 19.0 Å². The van der Waals surface area contributed by atoms with Gasteiger partial charge in [-0.2, -0.15) is 21.6 Å². The Morgan fingerprint density at radius 2 is 1.79 bits per heavy atom. The highest BCUT2D eigenvalue weighted by Gasteiger charge is 2.34. The summed E-state index contributed by atoms with van der Waals surface area (Å²) in [6.07, 6.45) is -1.16. The highest BCUT2D eigenvalue weighted by molar-refractivity contribution is 7.85. The Bertz CT molecular complexity index is 976. The molecule has 1 amide bonds. The fourth-order valence-electron chi connectivity index (χ4n) is 2.62. The number of anilines is 1. The van der Waals surface area contributed by atoms with Crippen LogP contribution in [-0.4, -0.2) is 37.0 Å². The molecular weight excluding hydrogens is 435 g/mol. The Hall–Kier alpha value is -2.37. The summed E-state index contributed by atoms with van der Waals surface area (Å²) in [5, 5.41) is -0.0951. The molecule has 0 saturated carbocycles. The maximum atomic E-state index is 12.3. The van der Waals surface area contributed by atoms with Gasteiger partial charge in [-0.1, -0.05) is 11.6 Å². The van der Waals surface area contributed by atoms with Crippen LogP contribution in [-0.2, 0) is 16.3 Å². The van der Waals surface area contributed by atoms with Gasteiger partial charge in [-0.05, 0) is 43.2 Å². The maximum absolute atomic E-state index is 12.3. The lowest BCUT2D eigenvalue weighted by atomic mass is 10.1. The predicted octanol–water partition coefficient (Wildman–Crippen LogP) is 3.39. The first-order valence-corrected chi connectivity index (χ1v) is 10.1. The molecule has 158 valence electrons. The number of hydrogen-bond acceptors (Lipinski definition) is 5. The van der Waals surface area contributed by atoms with Crippen molar-refractivity contribution in [3.63, 3.8) is 0 Å². The van der Waals surface area contributed by atoms with Gasteiger partial charge >= 0.3 is 6.18 Å². The number of primary amides is 1. The Labute approximate surface area is 170 Å². The standard InChI is InChI=1S/C9H12N2O3S.C8H5ClF3NO/c12-15(13,14)8-3-4-9(10-7-8)11-5-1-2-6-11;9-4-1-2-5(7(13)14)6(3-4)8(10,11)12/h3-4,7H,1-2,5-6H2,(H,12,13,14);1-3H,(H2,13,14). The molecule has 1 aliphatic rings. The van der Waals surface area contributed by atoms with E-state index in [0.717, 1.165) is 37.8 Å². The molecule has 2 aromatic rings. The molecule has 3 rings (SSSR count). The fourth-order valence-corrected chi connectivity index (χ4v) is 3.22. The van der Waals surface area contributed by atoms with Crippen molar-refractivity contribution in [3.8, 4) is 0 Å². The molecule has 29 heavy (non-hydrogen) atoms. The molecule has 0 spiro atoms. The summed E-state index contributed by atoms with van der Waals surface area (Å²) in [5.74, 6) is -0.367. The van der Waals surface area contributed by atoms with E-state index in [0.29, 0.717) is 6.07 Å². The van der Waals surface area contributed by atoms with Crippen LogP contribution < -0.4 is 10.6 Å². The Balaban J connectivity index is 0.000000208. The molecule has 0 bridgehead atoms. The molecule has 1 aromatic heterocycles. The number of aromatic nitrogens is 1. The van der Waals surface area contributed by atoms with Crippen molar-refractivity contribution in [1.29, 1.82) is 0 Å². The zero-order valence-corrected chi connectivity index (χ0v) is 16.4. The third kappa shape index (κ3) is 6.31. The van der Waals surface area contributed by atoms with E-state index in [1.165, 1.54) is 18.3 Å². The Kier molecular flexibility index (Phi) is 7.09. The van der Waals surface area contributed by atoms with E-state index in [1.807, 2.05) is 0 Å². The smallest absolute Gasteiger partial charge is 0.366 e. The lowest BCUT2D eigenvalue weighted by Crippen LogP contribution is -2.18. The van der Waals surface area contributed by atoms with Crippen molar-refractivity contribution in [2.45, 2.75) is 23.9 Å². The van der Waals surface area contributed by atoms with Crippen LogP contribution in [0.3, 0.4) is 0 Å². The number of carbonyl (C=O) groups is 1. The zero-order valence-electron chi connectivity index (χ0n) is 14.9. The van der Waals surface area contributed by atoms with E-state index >= 15 is 0 Å². The predicted molar refractivity (Wildman–Crippen MR) is 100 cm³/mol. The van der Waals surface area contributed by atoms with E-state index in [9.17, 15) is 26.4 Å². The SMILES string of the molecule is NC(=O)c1ccc(Cl)cc1C(F)(F)F.O=S(=O)(O)c1ccc(N2CCCC2)nc1. The highest BCUT2D eigenvalue weighted by atomic mass is 35.5. The first-order valence-electron chi connectivity index (χ1n) is 8.24. The van der Waals surface area contributed by atoms with Crippen LogP contribution in [0.15, 0.2) is 41.4 Å². The van der Waals surface area contributed by atoms with Crippen LogP contribution in [0.5, 0.6) is 0 Å². The van der Waals surface area contributed by atoms with Gasteiger partial charge in [0.2, 0.25) is 5.91 Å². The molecular formula is C17H17ClF3N3O4S. The second-order valence-corrected chi connectivity index (χ2v) is 7.93. The number of alkyl halides is 3. The van der Waals surface area contributed by atoms with Crippen molar-refractivity contribution >= 4 is 33.4 Å². The van der Waals surface area contributed by atoms with Gasteiger partial charge in [0, 0.05) is 18.1 Å². The topological polar surface area (TPSA) is 114 Å². The number of benzene rings is 1. The molecule has 0 aliphatic carbocycles. The molecule has 12 heteroatoms. The van der Waals surface area contributed by atoms with Crippen LogP contribution in [0.1, 0.15) is 28.8 Å². The number of nitrogens with two attached hydrogens (primary N) is 1. The lowest BCUT2D eigenvalue weighted by molar-refractivity contribution is -0.137. The largest absolute Gasteiger partial charge is 0.417 e. The average molecular weight is 452 g/mol. The van der Waals surface area contributed by atoms with Gasteiger partial charge in [0.05, 0.1) is 17.3 Å². The summed E-state index contributed by atoms with van der Waals surface area (Å²) >= 11 is 5.38. The molecule has 2 heterocycles. The number of rotatable bonds is 3. The van der Waals surface area contributed by atoms with Crippen molar-refractivity contribution in [3.05, 3.63) is 52.7 Å². The summed E-state index contributed by atoms with van der Waals surface area (Å²) < 4.78 is 67.3. The highest BCUT2D eigenvalue weighted by Crippen LogP contribution is 2.33. The number of hydrogen-bond donors (Lipinski definition) is 2. The quantitative estimate of drug-likeness (QED) is 0.691. The number of nitrogens with zero attached hydrogens (tertiary/aromatic N) is 2. The summed E-state index contributed by atoms with van der Waals surface area (Å²) in [4.78, 5) is 16.6. The molecule has 1 fully saturated rings. The number of halogens is 4. The van der Waals surface area contributed by atoms with E-state index < -0.39 is 33.3 Å². The van der Waals surface area contributed by atoms with Gasteiger partial charge in [-0.3, -0.25) is 9.35 Å². The van der Waals surface area contributed by atoms with Crippen LogP contribution >= 0.6 is 11.6 Å². The molecule has 0 radical (unpaired) electrons. The molecule has 1 aliphatic heterocycles. The fraction of sp³-hybridized carbons (Fsp3) is 0.294. The van der Waals surface area contributed by atoms with Crippen molar-refractivity contribution < 1.29 is 30.9 Å². The normalized spacial score (nSPS) is 14.3. The van der Waals surface area contributed by atoms with E-state index in [-0.39, 0.29) is 9.92 Å². The second kappa shape index (κ2) is 8.97. The van der Waals surface area contributed by atoms with Crippen LogP contribution in [0, 0.1) is 0 Å². The number of pyridine rings is 1. The second-order valence-electron chi connectivity index (χ2n) is 6.07. The first kappa shape index (κ1) is 22.9. The average Bonchev–Trinajstić information content (AvgIpc) is 3.15. The van der Waals surface area contributed by atoms with Gasteiger partial charge in [0.25, 0.3) is 10.1 Å². The van der Waals surface area contributed by atoms with E-state index in [2.05, 4.69) is 9.88 Å². The van der Waals surface area contributed by atoms with Crippen LogP contribution in [0.2, 0.25) is 5.02 Å². The monoisotopic (exact) mass is 451 g/mol. The number of amides is 1. The minimum Gasteiger partial charge on any atom is -0.366 e. The van der Waals surface area contributed by atoms with Crippen LogP contribution in [0.25, 0.3) is 0 Å². The van der Waals surface area contributed by atoms with Gasteiger partial charge in [-0.15, -0.1) is 0 Å². The molecule has 7 nitrogen and oxygen atoms in total. The summed E-state index contributed by atoms with van der Waals surface area (Å²) in [6, 6.07) is 5.79. The van der Waals surface area contributed by atoms with Crippen molar-refractivity contribution in [2.24, 2.45) is 5.73 Å². The molecule has 1 aromatic carbocycles. The van der Waals surface area contributed by atoms with Gasteiger partial charge in [0.1, 0.15) is 10.7 Å². The van der Waals surface area contributed by atoms with E-state index in [1.54, 1.807) is 6.07 Å². The molecule has 1 saturated heterocycles. The summed E-state index contributed by atoms with van der Waals surface area (Å²) in [7, 11) is -4.12. The summed E-state index contributed by atoms with van der Waals surface area (Å²) in [6.45, 7) is 1.91. The third-order valence-electron chi connectivity index (χ3n) is 4.00. The zero-order chi connectivity index (χ0) is 21.8. The molecule has 0 atom stereocenters. The minimum absolute atomic E-state index is 0.0951.